The Morgan fingerprint density at radius 1 is 1.10 bits per heavy atom. The van der Waals surface area contributed by atoms with Crippen LogP contribution in [0.3, 0.4) is 0 Å². The van der Waals surface area contributed by atoms with E-state index in [0.717, 1.165) is 26.2 Å². The van der Waals surface area contributed by atoms with Crippen LogP contribution in [0.25, 0.3) is 0 Å². The Morgan fingerprint density at radius 2 is 1.70 bits per heavy atom. The minimum absolute atomic E-state index is 0.284. The van der Waals surface area contributed by atoms with Crippen LogP contribution < -0.4 is 5.32 Å². The Bertz CT molecular complexity index is 222. The molecule has 3 nitrogen and oxygen atoms in total. The molecule has 0 aliphatic rings. The molecule has 0 saturated heterocycles. The van der Waals surface area contributed by atoms with Crippen molar-refractivity contribution in [2.45, 2.75) is 72.9 Å². The Morgan fingerprint density at radius 3 is 2.10 bits per heavy atom. The van der Waals surface area contributed by atoms with Crippen molar-refractivity contribution >= 4 is 0 Å². The Kier molecular flexibility index (Phi) is 10.5. The van der Waals surface area contributed by atoms with E-state index in [2.05, 4.69) is 51.8 Å². The molecule has 0 spiro atoms. The average molecular weight is 287 g/mol. The summed E-state index contributed by atoms with van der Waals surface area (Å²) in [5.41, 5.74) is 0.284. The van der Waals surface area contributed by atoms with Crippen molar-refractivity contribution in [3.05, 3.63) is 0 Å². The van der Waals surface area contributed by atoms with E-state index < -0.39 is 0 Å². The summed E-state index contributed by atoms with van der Waals surface area (Å²) in [6, 6.07) is 1.19. The van der Waals surface area contributed by atoms with E-state index in [9.17, 15) is 0 Å². The van der Waals surface area contributed by atoms with E-state index in [4.69, 9.17) is 4.74 Å². The van der Waals surface area contributed by atoms with Gasteiger partial charge in [-0.25, -0.2) is 0 Å². The maximum absolute atomic E-state index is 5.30. The van der Waals surface area contributed by atoms with E-state index in [0.29, 0.717) is 12.1 Å². The molecule has 0 bridgehead atoms. The fourth-order valence-corrected chi connectivity index (χ4v) is 2.63. The smallest absolute Gasteiger partial charge is 0.0589 e. The van der Waals surface area contributed by atoms with Gasteiger partial charge in [0, 0.05) is 32.3 Å². The van der Waals surface area contributed by atoms with Crippen LogP contribution in [-0.4, -0.2) is 50.3 Å². The zero-order chi connectivity index (χ0) is 15.6. The van der Waals surface area contributed by atoms with Gasteiger partial charge in [-0.05, 0) is 31.2 Å². The van der Waals surface area contributed by atoms with Gasteiger partial charge < -0.3 is 10.1 Å². The van der Waals surface area contributed by atoms with Crippen LogP contribution in [0.2, 0.25) is 0 Å². The van der Waals surface area contributed by atoms with Gasteiger partial charge in [0.25, 0.3) is 0 Å². The lowest BCUT2D eigenvalue weighted by atomic mass is 9.86. The van der Waals surface area contributed by atoms with Crippen molar-refractivity contribution in [2.75, 3.05) is 33.4 Å². The molecule has 1 N–H and O–H groups in total. The molecule has 0 aromatic heterocycles. The second kappa shape index (κ2) is 10.6. The number of methoxy groups -OCH3 is 1. The fourth-order valence-electron chi connectivity index (χ4n) is 2.63. The first kappa shape index (κ1) is 19.9. The number of ether oxygens (including phenoxy) is 1. The maximum Gasteiger partial charge on any atom is 0.0589 e. The normalized spacial score (nSPS) is 14.2. The summed E-state index contributed by atoms with van der Waals surface area (Å²) in [7, 11) is 1.79. The second-order valence-electron chi connectivity index (χ2n) is 6.83. The van der Waals surface area contributed by atoms with Crippen molar-refractivity contribution in [1.82, 2.24) is 10.2 Å². The Balaban J connectivity index is 4.76. The van der Waals surface area contributed by atoms with Crippen LogP contribution >= 0.6 is 0 Å². The van der Waals surface area contributed by atoms with Gasteiger partial charge in [-0.3, -0.25) is 4.90 Å². The third-order valence-corrected chi connectivity index (χ3v) is 4.14. The molecule has 0 aliphatic carbocycles. The quantitative estimate of drug-likeness (QED) is 0.629. The van der Waals surface area contributed by atoms with E-state index in [1.165, 1.54) is 19.3 Å². The summed E-state index contributed by atoms with van der Waals surface area (Å²) in [5, 5.41) is 3.74. The summed E-state index contributed by atoms with van der Waals surface area (Å²) in [5.74, 6) is 0. The van der Waals surface area contributed by atoms with Gasteiger partial charge in [-0.1, -0.05) is 41.5 Å². The van der Waals surface area contributed by atoms with Gasteiger partial charge in [0.05, 0.1) is 6.61 Å². The zero-order valence-corrected chi connectivity index (χ0v) is 15.0. The molecular weight excluding hydrogens is 248 g/mol. The predicted molar refractivity (Wildman–Crippen MR) is 89.4 cm³/mol. The first-order chi connectivity index (χ1) is 9.40. The SMILES string of the molecule is CCCNC(CN(CCOC)C(CC)CC)C(C)(C)C. The molecule has 0 aromatic carbocycles. The highest BCUT2D eigenvalue weighted by Crippen LogP contribution is 2.22. The van der Waals surface area contributed by atoms with Crippen LogP contribution in [0.1, 0.15) is 60.8 Å². The number of hydrogen-bond acceptors (Lipinski definition) is 3. The monoisotopic (exact) mass is 286 g/mol. The fraction of sp³-hybridized carbons (Fsp3) is 1.00. The molecule has 0 heterocycles. The third-order valence-electron chi connectivity index (χ3n) is 4.14. The van der Waals surface area contributed by atoms with Gasteiger partial charge in [-0.2, -0.15) is 0 Å². The number of nitrogens with one attached hydrogen (secondary N) is 1. The zero-order valence-electron chi connectivity index (χ0n) is 15.0. The minimum atomic E-state index is 0.284. The van der Waals surface area contributed by atoms with Crippen LogP contribution in [0, 0.1) is 5.41 Å². The Labute approximate surface area is 127 Å². The summed E-state index contributed by atoms with van der Waals surface area (Å²) in [6.45, 7) is 17.9. The van der Waals surface area contributed by atoms with Gasteiger partial charge in [-0.15, -0.1) is 0 Å². The molecule has 3 heteroatoms. The molecular formula is C17H38N2O. The molecule has 1 atom stereocenters. The first-order valence-corrected chi connectivity index (χ1v) is 8.36. The molecule has 0 fully saturated rings. The summed E-state index contributed by atoms with van der Waals surface area (Å²) >= 11 is 0. The maximum atomic E-state index is 5.30. The molecule has 1 unspecified atom stereocenters. The minimum Gasteiger partial charge on any atom is -0.383 e. The lowest BCUT2D eigenvalue weighted by Crippen LogP contribution is -2.51. The largest absolute Gasteiger partial charge is 0.383 e. The number of rotatable bonds is 11. The summed E-state index contributed by atoms with van der Waals surface area (Å²) in [6.07, 6.45) is 3.62. The first-order valence-electron chi connectivity index (χ1n) is 8.36. The van der Waals surface area contributed by atoms with Gasteiger partial charge in [0.1, 0.15) is 0 Å². The van der Waals surface area contributed by atoms with Crippen molar-refractivity contribution in [3.63, 3.8) is 0 Å². The van der Waals surface area contributed by atoms with E-state index in [1.54, 1.807) is 7.11 Å². The molecule has 0 aromatic rings. The molecule has 122 valence electrons. The van der Waals surface area contributed by atoms with Gasteiger partial charge >= 0.3 is 0 Å². The highest BCUT2D eigenvalue weighted by atomic mass is 16.5. The highest BCUT2D eigenvalue weighted by molar-refractivity contribution is 4.85. The third kappa shape index (κ3) is 7.61. The van der Waals surface area contributed by atoms with Crippen LogP contribution in [0.15, 0.2) is 0 Å². The van der Waals surface area contributed by atoms with Crippen molar-refractivity contribution in [1.29, 1.82) is 0 Å². The van der Waals surface area contributed by atoms with Crippen molar-refractivity contribution in [2.24, 2.45) is 5.41 Å². The standard InChI is InChI=1S/C17H38N2O/c1-8-11-18-16(17(4,5)6)14-19(12-13-20-7)15(9-2)10-3/h15-16,18H,8-14H2,1-7H3. The summed E-state index contributed by atoms with van der Waals surface area (Å²) < 4.78 is 5.30. The molecule has 20 heavy (non-hydrogen) atoms. The van der Waals surface area contributed by atoms with Gasteiger partial charge in [0.15, 0.2) is 0 Å². The Hall–Kier alpha value is -0.120. The molecule has 0 amide bonds. The highest BCUT2D eigenvalue weighted by Gasteiger charge is 2.27. The number of hydrogen-bond donors (Lipinski definition) is 1. The topological polar surface area (TPSA) is 24.5 Å². The van der Waals surface area contributed by atoms with Crippen LogP contribution in [-0.2, 0) is 4.74 Å². The van der Waals surface area contributed by atoms with Gasteiger partial charge in [0.2, 0.25) is 0 Å². The lowest BCUT2D eigenvalue weighted by molar-refractivity contribution is 0.0882. The van der Waals surface area contributed by atoms with Crippen LogP contribution in [0.4, 0.5) is 0 Å². The van der Waals surface area contributed by atoms with Crippen LogP contribution in [0.5, 0.6) is 0 Å². The predicted octanol–water partition coefficient (Wildman–Crippen LogP) is 3.54. The van der Waals surface area contributed by atoms with E-state index in [1.807, 2.05) is 0 Å². The molecule has 0 radical (unpaired) electrons. The number of nitrogens with zero attached hydrogens (tertiary/aromatic N) is 1. The van der Waals surface area contributed by atoms with E-state index in [-0.39, 0.29) is 5.41 Å². The average Bonchev–Trinajstić information content (AvgIpc) is 2.39. The molecule has 0 aliphatic heterocycles. The van der Waals surface area contributed by atoms with Crippen molar-refractivity contribution in [3.8, 4) is 0 Å². The molecule has 0 saturated carbocycles. The lowest BCUT2D eigenvalue weighted by Gasteiger charge is -2.39. The molecule has 0 rings (SSSR count). The van der Waals surface area contributed by atoms with E-state index >= 15 is 0 Å². The summed E-state index contributed by atoms with van der Waals surface area (Å²) in [4.78, 5) is 2.61. The second-order valence-corrected chi connectivity index (χ2v) is 6.83. The van der Waals surface area contributed by atoms with Crippen molar-refractivity contribution < 1.29 is 4.74 Å².